The first-order valence-corrected chi connectivity index (χ1v) is 8.35. The molecule has 2 aliphatic rings. The minimum absolute atomic E-state index is 0.553. The van der Waals surface area contributed by atoms with Gasteiger partial charge in [0.25, 0.3) is 0 Å². The van der Waals surface area contributed by atoms with Crippen LogP contribution in [0.5, 0.6) is 0 Å². The molecule has 1 saturated carbocycles. The molecule has 0 bridgehead atoms. The molecule has 1 heteroatoms. The molecule has 0 aromatic heterocycles. The molecule has 0 radical (unpaired) electrons. The third kappa shape index (κ3) is 2.28. The topological polar surface area (TPSA) is 0 Å². The molecule has 76 valence electrons. The van der Waals surface area contributed by atoms with Gasteiger partial charge in [-0.25, -0.2) is 0 Å². The fourth-order valence-corrected chi connectivity index (χ4v) is 7.08. The molecule has 0 aromatic rings. The molecule has 2 fully saturated rings. The first kappa shape index (κ1) is 10.0. The van der Waals surface area contributed by atoms with Crippen LogP contribution in [-0.4, -0.2) is 8.35 Å². The van der Waals surface area contributed by atoms with Crippen LogP contribution in [0.1, 0.15) is 39.0 Å². The molecular formula is C12H20I-. The van der Waals surface area contributed by atoms with E-state index in [1.807, 2.05) is 0 Å². The number of alkyl halides is 2. The number of rotatable bonds is 4. The van der Waals surface area contributed by atoms with E-state index in [4.69, 9.17) is 0 Å². The van der Waals surface area contributed by atoms with Gasteiger partial charge < -0.3 is 0 Å². The van der Waals surface area contributed by atoms with Crippen LogP contribution in [-0.2, 0) is 0 Å². The normalized spacial score (nSPS) is 38.8. The van der Waals surface area contributed by atoms with Crippen molar-refractivity contribution in [3.63, 3.8) is 0 Å². The van der Waals surface area contributed by atoms with E-state index in [-0.39, 0.29) is 0 Å². The molecule has 0 aromatic carbocycles. The molecule has 13 heavy (non-hydrogen) atoms. The third-order valence-electron chi connectivity index (χ3n) is 3.38. The molecule has 1 saturated heterocycles. The predicted molar refractivity (Wildman–Crippen MR) is 53.5 cm³/mol. The van der Waals surface area contributed by atoms with Crippen molar-refractivity contribution in [3.05, 3.63) is 12.2 Å². The van der Waals surface area contributed by atoms with E-state index < -0.39 is 0 Å². The van der Waals surface area contributed by atoms with Gasteiger partial charge in [-0.05, 0) is 0 Å². The van der Waals surface area contributed by atoms with Crippen LogP contribution in [0.15, 0.2) is 12.2 Å². The second-order valence-corrected chi connectivity index (χ2v) is 7.85. The summed E-state index contributed by atoms with van der Waals surface area (Å²) in [5.74, 6) is 2.11. The summed E-state index contributed by atoms with van der Waals surface area (Å²) >= 11 is 0.553. The molecule has 0 amide bonds. The van der Waals surface area contributed by atoms with Gasteiger partial charge in [-0.3, -0.25) is 0 Å². The molecule has 1 aliphatic heterocycles. The van der Waals surface area contributed by atoms with Crippen LogP contribution >= 0.6 is 0 Å². The zero-order valence-electron chi connectivity index (χ0n) is 8.56. The molecule has 3 unspecified atom stereocenters. The van der Waals surface area contributed by atoms with Crippen molar-refractivity contribution in [3.8, 4) is 0 Å². The van der Waals surface area contributed by atoms with Crippen LogP contribution in [0.25, 0.3) is 0 Å². The zero-order chi connectivity index (χ0) is 9.26. The Morgan fingerprint density at radius 2 is 2.31 bits per heavy atom. The van der Waals surface area contributed by atoms with E-state index in [0.717, 1.165) is 15.8 Å². The van der Waals surface area contributed by atoms with Crippen LogP contribution in [0, 0.1) is 11.8 Å². The van der Waals surface area contributed by atoms with E-state index in [9.17, 15) is 0 Å². The number of allylic oxidation sites excluding steroid dienone is 1. The summed E-state index contributed by atoms with van der Waals surface area (Å²) in [7, 11) is 0. The summed E-state index contributed by atoms with van der Waals surface area (Å²) < 4.78 is 2.75. The zero-order valence-corrected chi connectivity index (χ0v) is 10.7. The molecule has 1 heterocycles. The Morgan fingerprint density at radius 3 is 2.92 bits per heavy atom. The van der Waals surface area contributed by atoms with Gasteiger partial charge in [0.1, 0.15) is 0 Å². The van der Waals surface area contributed by atoms with Gasteiger partial charge in [-0.15, -0.1) is 0 Å². The molecule has 3 atom stereocenters. The van der Waals surface area contributed by atoms with Crippen LogP contribution < -0.4 is 21.2 Å². The van der Waals surface area contributed by atoms with Gasteiger partial charge in [0.15, 0.2) is 0 Å². The van der Waals surface area contributed by atoms with Gasteiger partial charge >= 0.3 is 92.6 Å². The Hall–Kier alpha value is 0.470. The Balaban J connectivity index is 1.83. The van der Waals surface area contributed by atoms with Gasteiger partial charge in [-0.2, -0.15) is 0 Å². The molecular weight excluding hydrogens is 271 g/mol. The Kier molecular flexibility index (Phi) is 3.33. The predicted octanol–water partition coefficient (Wildman–Crippen LogP) is 0.230. The minimum atomic E-state index is 0.553. The quantitative estimate of drug-likeness (QED) is 0.395. The second-order valence-electron chi connectivity index (χ2n) is 4.45. The summed E-state index contributed by atoms with van der Waals surface area (Å²) in [4.78, 5) is 0. The second kappa shape index (κ2) is 4.33. The fourth-order valence-electron chi connectivity index (χ4n) is 2.38. The van der Waals surface area contributed by atoms with Crippen molar-refractivity contribution in [2.45, 2.75) is 43.0 Å². The van der Waals surface area contributed by atoms with Gasteiger partial charge in [0.05, 0.1) is 0 Å². The summed E-state index contributed by atoms with van der Waals surface area (Å²) in [5.41, 5.74) is 1.58. The Labute approximate surface area is 92.4 Å². The SMILES string of the molecule is C=C1CC1C1[I-]CCC1CCCC. The van der Waals surface area contributed by atoms with Crippen molar-refractivity contribution in [1.29, 1.82) is 0 Å². The first-order valence-electron chi connectivity index (χ1n) is 5.58. The van der Waals surface area contributed by atoms with E-state index in [1.54, 1.807) is 16.4 Å². The molecule has 0 N–H and O–H groups in total. The van der Waals surface area contributed by atoms with Gasteiger partial charge in [0, 0.05) is 0 Å². The standard InChI is InChI=1S/C12H20I/c1-3-4-5-10-6-7-13-12(10)11-8-9(11)2/h10-12H,2-8H2,1H3/q-1. The Bertz CT molecular complexity index is 197. The summed E-state index contributed by atoms with van der Waals surface area (Å²) in [6.45, 7) is 6.44. The molecule has 2 rings (SSSR count). The van der Waals surface area contributed by atoms with E-state index in [1.165, 1.54) is 25.7 Å². The number of unbranched alkanes of at least 4 members (excludes halogenated alkanes) is 1. The van der Waals surface area contributed by atoms with Crippen LogP contribution in [0.4, 0.5) is 0 Å². The van der Waals surface area contributed by atoms with Crippen molar-refractivity contribution in [1.82, 2.24) is 0 Å². The van der Waals surface area contributed by atoms with Crippen molar-refractivity contribution in [2.75, 3.05) is 4.43 Å². The number of hydrogen-bond acceptors (Lipinski definition) is 0. The molecule has 0 nitrogen and oxygen atoms in total. The maximum atomic E-state index is 4.13. The van der Waals surface area contributed by atoms with E-state index in [0.29, 0.717) is 21.2 Å². The maximum absolute atomic E-state index is 4.13. The Morgan fingerprint density at radius 1 is 1.54 bits per heavy atom. The monoisotopic (exact) mass is 291 g/mol. The molecule has 0 spiro atoms. The van der Waals surface area contributed by atoms with E-state index in [2.05, 4.69) is 13.5 Å². The van der Waals surface area contributed by atoms with Crippen molar-refractivity contribution >= 4 is 0 Å². The summed E-state index contributed by atoms with van der Waals surface area (Å²) in [6.07, 6.45) is 7.30. The number of halogens is 1. The van der Waals surface area contributed by atoms with Gasteiger partial charge in [-0.1, -0.05) is 0 Å². The van der Waals surface area contributed by atoms with Gasteiger partial charge in [0.2, 0.25) is 0 Å². The average molecular weight is 291 g/mol. The average Bonchev–Trinajstić information content (AvgIpc) is 2.66. The van der Waals surface area contributed by atoms with Crippen LogP contribution in [0.3, 0.4) is 0 Å². The first-order chi connectivity index (χ1) is 6.33. The third-order valence-corrected chi connectivity index (χ3v) is 7.52. The van der Waals surface area contributed by atoms with Crippen molar-refractivity contribution < 1.29 is 21.2 Å². The van der Waals surface area contributed by atoms with Crippen molar-refractivity contribution in [2.24, 2.45) is 11.8 Å². The summed E-state index contributed by atoms with van der Waals surface area (Å²) in [6, 6.07) is 0. The number of hydrogen-bond donors (Lipinski definition) is 0. The fraction of sp³-hybridized carbons (Fsp3) is 0.833. The van der Waals surface area contributed by atoms with Crippen LogP contribution in [0.2, 0.25) is 0 Å². The molecule has 1 aliphatic carbocycles. The van der Waals surface area contributed by atoms with E-state index >= 15 is 0 Å². The summed E-state index contributed by atoms with van der Waals surface area (Å²) in [5, 5.41) is 0.